The molecule has 1 fully saturated rings. The molecule has 1 N–H and O–H groups in total. The van der Waals surface area contributed by atoms with Crippen LogP contribution in [0.3, 0.4) is 0 Å². The molecular weight excluding hydrogens is 402 g/mol. The van der Waals surface area contributed by atoms with Gasteiger partial charge in [0.1, 0.15) is 0 Å². The summed E-state index contributed by atoms with van der Waals surface area (Å²) in [4.78, 5) is 29.3. The van der Waals surface area contributed by atoms with Crippen LogP contribution < -0.4 is 10.2 Å². The third kappa shape index (κ3) is 4.45. The smallest absolute Gasteiger partial charge is 0.226 e. The van der Waals surface area contributed by atoms with Crippen molar-refractivity contribution in [3.05, 3.63) is 58.6 Å². The van der Waals surface area contributed by atoms with Gasteiger partial charge < -0.3 is 19.9 Å². The Hall–Kier alpha value is -2.57. The first-order valence-electron chi connectivity index (χ1n) is 10.3. The van der Waals surface area contributed by atoms with Crippen molar-refractivity contribution >= 4 is 34.8 Å². The summed E-state index contributed by atoms with van der Waals surface area (Å²) in [5.41, 5.74) is 3.87. The number of amides is 2. The molecule has 2 heterocycles. The zero-order valence-electron chi connectivity index (χ0n) is 17.1. The lowest BCUT2D eigenvalue weighted by atomic mass is 9.90. The van der Waals surface area contributed by atoms with E-state index in [9.17, 15) is 9.59 Å². The number of morpholine rings is 1. The molecule has 0 aromatic heterocycles. The average Bonchev–Trinajstić information content (AvgIpc) is 2.74. The largest absolute Gasteiger partial charge is 0.378 e. The van der Waals surface area contributed by atoms with Crippen LogP contribution in [-0.4, -0.2) is 49.6 Å². The number of hydrogen-bond acceptors (Lipinski definition) is 4. The molecule has 0 aliphatic carbocycles. The third-order valence-corrected chi connectivity index (χ3v) is 6.02. The van der Waals surface area contributed by atoms with Gasteiger partial charge >= 0.3 is 0 Å². The van der Waals surface area contributed by atoms with Gasteiger partial charge in [-0.25, -0.2) is 0 Å². The predicted molar refractivity (Wildman–Crippen MR) is 118 cm³/mol. The minimum absolute atomic E-state index is 0.0148. The highest BCUT2D eigenvalue weighted by atomic mass is 35.5. The average molecular weight is 428 g/mol. The summed E-state index contributed by atoms with van der Waals surface area (Å²) < 4.78 is 5.44. The van der Waals surface area contributed by atoms with Crippen LogP contribution in [0.1, 0.15) is 30.5 Å². The maximum Gasteiger partial charge on any atom is 0.226 e. The van der Waals surface area contributed by atoms with E-state index in [1.807, 2.05) is 30.3 Å². The van der Waals surface area contributed by atoms with Gasteiger partial charge in [0.2, 0.25) is 11.8 Å². The van der Waals surface area contributed by atoms with Crippen molar-refractivity contribution in [3.63, 3.8) is 0 Å². The van der Waals surface area contributed by atoms with Crippen molar-refractivity contribution < 1.29 is 14.3 Å². The Labute approximate surface area is 181 Å². The first kappa shape index (κ1) is 20.7. The first-order valence-corrected chi connectivity index (χ1v) is 10.7. The molecule has 1 unspecified atom stereocenters. The van der Waals surface area contributed by atoms with E-state index in [4.69, 9.17) is 16.3 Å². The van der Waals surface area contributed by atoms with Crippen molar-refractivity contribution in [1.82, 2.24) is 4.90 Å². The molecule has 158 valence electrons. The highest BCUT2D eigenvalue weighted by Gasteiger charge is 2.31. The molecule has 0 spiro atoms. The Morgan fingerprint density at radius 2 is 1.90 bits per heavy atom. The quantitative estimate of drug-likeness (QED) is 0.809. The molecule has 0 saturated carbocycles. The number of halogens is 1. The van der Waals surface area contributed by atoms with Crippen LogP contribution in [0.4, 0.5) is 11.4 Å². The van der Waals surface area contributed by atoms with Crippen molar-refractivity contribution in [2.75, 3.05) is 43.1 Å². The zero-order chi connectivity index (χ0) is 21.1. The number of hydrogen-bond donors (Lipinski definition) is 1. The summed E-state index contributed by atoms with van der Waals surface area (Å²) in [6.45, 7) is 5.02. The minimum Gasteiger partial charge on any atom is -0.378 e. The lowest BCUT2D eigenvalue weighted by Gasteiger charge is -2.36. The maximum absolute atomic E-state index is 13.1. The van der Waals surface area contributed by atoms with Gasteiger partial charge in [-0.05, 0) is 35.7 Å². The molecule has 0 bridgehead atoms. The first-order chi connectivity index (χ1) is 14.5. The van der Waals surface area contributed by atoms with Crippen LogP contribution in [0.15, 0.2) is 42.5 Å². The lowest BCUT2D eigenvalue weighted by Crippen LogP contribution is -2.40. The zero-order valence-corrected chi connectivity index (χ0v) is 17.8. The van der Waals surface area contributed by atoms with Crippen LogP contribution in [-0.2, 0) is 20.7 Å². The van der Waals surface area contributed by atoms with Crippen molar-refractivity contribution in [2.45, 2.75) is 25.8 Å². The summed E-state index contributed by atoms with van der Waals surface area (Å²) in [5.74, 6) is -0.154. The van der Waals surface area contributed by atoms with Crippen LogP contribution in [0.2, 0.25) is 5.02 Å². The second-order valence-corrected chi connectivity index (χ2v) is 8.13. The molecule has 2 aliphatic rings. The number of benzene rings is 2. The van der Waals surface area contributed by atoms with E-state index in [1.54, 1.807) is 17.9 Å². The van der Waals surface area contributed by atoms with Crippen molar-refractivity contribution in [1.29, 1.82) is 0 Å². The monoisotopic (exact) mass is 427 g/mol. The van der Waals surface area contributed by atoms with E-state index in [2.05, 4.69) is 16.3 Å². The fourth-order valence-electron chi connectivity index (χ4n) is 4.31. The Morgan fingerprint density at radius 1 is 1.13 bits per heavy atom. The molecule has 2 aromatic rings. The Morgan fingerprint density at radius 3 is 2.67 bits per heavy atom. The number of nitrogens with zero attached hydrogens (tertiary/aromatic N) is 2. The van der Waals surface area contributed by atoms with Gasteiger partial charge in [0.05, 0.1) is 37.1 Å². The molecule has 7 heteroatoms. The topological polar surface area (TPSA) is 61.9 Å². The summed E-state index contributed by atoms with van der Waals surface area (Å²) in [6.07, 6.45) is 1.01. The molecule has 1 saturated heterocycles. The van der Waals surface area contributed by atoms with Gasteiger partial charge in [0, 0.05) is 31.6 Å². The fourth-order valence-corrected chi connectivity index (χ4v) is 4.49. The van der Waals surface area contributed by atoms with Gasteiger partial charge in [-0.1, -0.05) is 35.9 Å². The number of nitrogens with one attached hydrogen (secondary N) is 1. The summed E-state index contributed by atoms with van der Waals surface area (Å²) in [5, 5.41) is 3.61. The van der Waals surface area contributed by atoms with E-state index in [1.165, 1.54) is 5.56 Å². The maximum atomic E-state index is 13.1. The molecule has 30 heavy (non-hydrogen) atoms. The predicted octanol–water partition coefficient (Wildman–Crippen LogP) is 3.65. The van der Waals surface area contributed by atoms with Gasteiger partial charge in [-0.3, -0.25) is 9.59 Å². The van der Waals surface area contributed by atoms with Crippen LogP contribution in [0.25, 0.3) is 0 Å². The van der Waals surface area contributed by atoms with Crippen LogP contribution >= 0.6 is 11.6 Å². The van der Waals surface area contributed by atoms with Crippen LogP contribution in [0, 0.1) is 0 Å². The molecule has 2 aromatic carbocycles. The number of anilines is 2. The second kappa shape index (κ2) is 9.06. The van der Waals surface area contributed by atoms with Gasteiger partial charge in [-0.15, -0.1) is 0 Å². The molecule has 2 aliphatic heterocycles. The second-order valence-electron chi connectivity index (χ2n) is 7.69. The van der Waals surface area contributed by atoms with Gasteiger partial charge in [0.15, 0.2) is 0 Å². The number of fused-ring (bicyclic) bond motifs is 1. The molecule has 4 rings (SSSR count). The Bertz CT molecular complexity index is 943. The van der Waals surface area contributed by atoms with Crippen LogP contribution in [0.5, 0.6) is 0 Å². The Balaban J connectivity index is 1.56. The highest BCUT2D eigenvalue weighted by Crippen LogP contribution is 2.34. The Kier molecular flexibility index (Phi) is 6.25. The molecule has 6 nitrogen and oxygen atoms in total. The number of rotatable bonds is 4. The van der Waals surface area contributed by atoms with E-state index in [-0.39, 0.29) is 24.3 Å². The minimum atomic E-state index is -0.265. The van der Waals surface area contributed by atoms with Crippen molar-refractivity contribution in [2.24, 2.45) is 0 Å². The SMILES string of the molecule is CC(=O)N1CCc2ccccc2C1CC(=O)Nc1cc(Cl)ccc1N1CCOCC1. The lowest BCUT2D eigenvalue weighted by molar-refractivity contribution is -0.132. The number of carbonyl (C=O) groups is 2. The standard InChI is InChI=1S/C23H26ClN3O3/c1-16(28)27-9-8-17-4-2-3-5-19(17)22(27)15-23(29)25-20-14-18(24)6-7-21(20)26-10-12-30-13-11-26/h2-7,14,22H,8-13,15H2,1H3,(H,25,29). The van der Waals surface area contributed by atoms with E-state index in [0.29, 0.717) is 30.5 Å². The van der Waals surface area contributed by atoms with Gasteiger partial charge in [-0.2, -0.15) is 0 Å². The number of carbonyl (C=O) groups excluding carboxylic acids is 2. The van der Waals surface area contributed by atoms with E-state index >= 15 is 0 Å². The molecule has 2 amide bonds. The highest BCUT2D eigenvalue weighted by molar-refractivity contribution is 6.31. The summed E-state index contributed by atoms with van der Waals surface area (Å²) in [6, 6.07) is 13.3. The third-order valence-electron chi connectivity index (χ3n) is 5.78. The fraction of sp³-hybridized carbons (Fsp3) is 0.391. The summed E-state index contributed by atoms with van der Waals surface area (Å²) in [7, 11) is 0. The normalized spacial score (nSPS) is 18.7. The van der Waals surface area contributed by atoms with Crippen molar-refractivity contribution in [3.8, 4) is 0 Å². The molecule has 1 atom stereocenters. The van der Waals surface area contributed by atoms with Gasteiger partial charge in [0.25, 0.3) is 0 Å². The summed E-state index contributed by atoms with van der Waals surface area (Å²) >= 11 is 6.22. The molecular formula is C23H26ClN3O3. The van der Waals surface area contributed by atoms with E-state index in [0.717, 1.165) is 30.8 Å². The molecule has 0 radical (unpaired) electrons. The number of ether oxygens (including phenoxy) is 1. The van der Waals surface area contributed by atoms with E-state index < -0.39 is 0 Å².